The number of fused-ring (bicyclic) bond motifs is 6. The van der Waals surface area contributed by atoms with Crippen molar-refractivity contribution in [3.8, 4) is 16.8 Å². The Bertz CT molecular complexity index is 1830. The lowest BCUT2D eigenvalue weighted by Gasteiger charge is -2.08. The van der Waals surface area contributed by atoms with Crippen LogP contribution in [0.3, 0.4) is 0 Å². The lowest BCUT2D eigenvalue weighted by Crippen LogP contribution is -2.01. The lowest BCUT2D eigenvalue weighted by atomic mass is 9.90. The summed E-state index contributed by atoms with van der Waals surface area (Å²) in [5.41, 5.74) is 8.31. The number of nitrogens with zero attached hydrogens (tertiary/aromatic N) is 1. The van der Waals surface area contributed by atoms with E-state index >= 15 is 0 Å². The monoisotopic (exact) mass is 419 g/mol. The van der Waals surface area contributed by atoms with Crippen molar-refractivity contribution >= 4 is 57.1 Å². The van der Waals surface area contributed by atoms with Crippen molar-refractivity contribution in [2.24, 2.45) is 0 Å². The quantitative estimate of drug-likeness (QED) is 0.272. The van der Waals surface area contributed by atoms with Gasteiger partial charge in [0.25, 0.3) is 0 Å². The molecule has 0 amide bonds. The Kier molecular flexibility index (Phi) is 3.83. The first kappa shape index (κ1) is 18.3. The molecule has 0 saturated heterocycles. The number of hydrogen-bond donors (Lipinski definition) is 0. The molecule has 0 N–H and O–H groups in total. The van der Waals surface area contributed by atoms with Crippen LogP contribution in [0.1, 0.15) is 0 Å². The van der Waals surface area contributed by atoms with Crippen molar-refractivity contribution in [2.45, 2.75) is 0 Å². The minimum absolute atomic E-state index is 0.741. The summed E-state index contributed by atoms with van der Waals surface area (Å²) >= 11 is 0. The van der Waals surface area contributed by atoms with Crippen molar-refractivity contribution in [3.05, 3.63) is 109 Å². The lowest BCUT2D eigenvalue weighted by molar-refractivity contribution is 0.669. The van der Waals surface area contributed by atoms with Gasteiger partial charge in [0, 0.05) is 27.2 Å². The van der Waals surface area contributed by atoms with Crippen LogP contribution in [0.5, 0.6) is 0 Å². The first-order valence-corrected chi connectivity index (χ1v) is 11.1. The first-order chi connectivity index (χ1) is 16.3. The highest BCUT2D eigenvalue weighted by Crippen LogP contribution is 2.36. The van der Waals surface area contributed by atoms with Crippen LogP contribution in [0.4, 0.5) is 0 Å². The van der Waals surface area contributed by atoms with E-state index in [-0.39, 0.29) is 0 Å². The van der Waals surface area contributed by atoms with Crippen LogP contribution in [-0.4, -0.2) is 12.4 Å². The summed E-state index contributed by atoms with van der Waals surface area (Å²) in [6.45, 7) is 0. The van der Waals surface area contributed by atoms with Gasteiger partial charge in [0.1, 0.15) is 19.0 Å². The summed E-state index contributed by atoms with van der Waals surface area (Å²) < 4.78 is 8.36. The van der Waals surface area contributed by atoms with Gasteiger partial charge in [0.15, 0.2) is 0 Å². The van der Waals surface area contributed by atoms with E-state index in [1.807, 2.05) is 24.3 Å². The number of benzene rings is 5. The maximum atomic E-state index is 6.29. The van der Waals surface area contributed by atoms with Crippen molar-refractivity contribution in [1.82, 2.24) is 4.57 Å². The largest absolute Gasteiger partial charge is 0.456 e. The van der Waals surface area contributed by atoms with Gasteiger partial charge < -0.3 is 8.98 Å². The third-order valence-electron chi connectivity index (χ3n) is 6.55. The number of furan rings is 1. The van der Waals surface area contributed by atoms with Crippen molar-refractivity contribution in [2.75, 3.05) is 0 Å². The smallest absolute Gasteiger partial charge is 0.135 e. The summed E-state index contributed by atoms with van der Waals surface area (Å²) in [5, 5.41) is 4.52. The summed E-state index contributed by atoms with van der Waals surface area (Å²) in [5.74, 6) is 0. The molecule has 7 rings (SSSR count). The van der Waals surface area contributed by atoms with E-state index in [1.54, 1.807) is 0 Å². The van der Waals surface area contributed by atoms with Gasteiger partial charge in [0.2, 0.25) is 0 Å². The van der Waals surface area contributed by atoms with Gasteiger partial charge in [-0.25, -0.2) is 0 Å². The van der Waals surface area contributed by atoms with Gasteiger partial charge in [-0.05, 0) is 59.7 Å². The van der Waals surface area contributed by atoms with E-state index in [0.717, 1.165) is 33.0 Å². The Hall–Kier alpha value is -4.24. The molecule has 2 aromatic heterocycles. The predicted molar refractivity (Wildman–Crippen MR) is 139 cm³/mol. The minimum atomic E-state index is 0.741. The standard InChI is InChI=1S/C30H18BNO/c31-25-10-6-12-29-30(25)24-18-20(14-16-28(24)33-29)19-13-15-27-23(17-19)22-9-4-5-11-26(22)32(27)21-7-2-1-3-8-21/h1-18H. The SMILES string of the molecule is [B]c1cccc2oc3ccc(-c4ccc5c(c4)c4ccccc4n5-c4ccccc4)cc3c12. The van der Waals surface area contributed by atoms with E-state index in [2.05, 4.69) is 89.5 Å². The second-order valence-corrected chi connectivity index (χ2v) is 8.45. The molecule has 2 heterocycles. The molecular weight excluding hydrogens is 401 g/mol. The van der Waals surface area contributed by atoms with Crippen molar-refractivity contribution < 1.29 is 4.42 Å². The average molecular weight is 419 g/mol. The van der Waals surface area contributed by atoms with Gasteiger partial charge in [0.05, 0.1) is 11.0 Å². The highest BCUT2D eigenvalue weighted by Gasteiger charge is 2.14. The highest BCUT2D eigenvalue weighted by atomic mass is 16.3. The van der Waals surface area contributed by atoms with Crippen LogP contribution in [-0.2, 0) is 0 Å². The molecule has 33 heavy (non-hydrogen) atoms. The zero-order chi connectivity index (χ0) is 21.9. The Morgan fingerprint density at radius 3 is 2.15 bits per heavy atom. The maximum absolute atomic E-state index is 6.29. The molecule has 152 valence electrons. The maximum Gasteiger partial charge on any atom is 0.135 e. The van der Waals surface area contributed by atoms with Crippen LogP contribution >= 0.6 is 0 Å². The fourth-order valence-corrected chi connectivity index (χ4v) is 5.04. The van der Waals surface area contributed by atoms with Crippen LogP contribution < -0.4 is 5.46 Å². The molecule has 2 nitrogen and oxygen atoms in total. The molecule has 0 saturated carbocycles. The molecule has 0 atom stereocenters. The molecule has 0 fully saturated rings. The summed E-state index contributed by atoms with van der Waals surface area (Å²) in [6.07, 6.45) is 0. The first-order valence-electron chi connectivity index (χ1n) is 11.1. The second kappa shape index (κ2) is 6.88. The summed E-state index contributed by atoms with van der Waals surface area (Å²) in [4.78, 5) is 0. The fraction of sp³-hybridized carbons (Fsp3) is 0. The van der Waals surface area contributed by atoms with Gasteiger partial charge in [-0.1, -0.05) is 66.1 Å². The number of rotatable bonds is 2. The molecule has 0 aliphatic rings. The van der Waals surface area contributed by atoms with E-state index in [0.29, 0.717) is 0 Å². The molecule has 2 radical (unpaired) electrons. The van der Waals surface area contributed by atoms with Crippen LogP contribution in [0.15, 0.2) is 114 Å². The third-order valence-corrected chi connectivity index (χ3v) is 6.55. The minimum Gasteiger partial charge on any atom is -0.456 e. The predicted octanol–water partition coefficient (Wildman–Crippen LogP) is 7.14. The van der Waals surface area contributed by atoms with Crippen molar-refractivity contribution in [3.63, 3.8) is 0 Å². The normalized spacial score (nSPS) is 11.8. The molecule has 0 bridgehead atoms. The topological polar surface area (TPSA) is 18.1 Å². The Balaban J connectivity index is 1.49. The highest BCUT2D eigenvalue weighted by molar-refractivity contribution is 6.41. The Morgan fingerprint density at radius 1 is 0.545 bits per heavy atom. The van der Waals surface area contributed by atoms with E-state index in [1.165, 1.54) is 33.1 Å². The van der Waals surface area contributed by atoms with E-state index in [4.69, 9.17) is 12.3 Å². The van der Waals surface area contributed by atoms with Gasteiger partial charge in [-0.3, -0.25) is 0 Å². The molecule has 0 spiro atoms. The van der Waals surface area contributed by atoms with Crippen LogP contribution in [0, 0.1) is 0 Å². The van der Waals surface area contributed by atoms with Gasteiger partial charge in [-0.15, -0.1) is 0 Å². The third kappa shape index (κ3) is 2.69. The van der Waals surface area contributed by atoms with Crippen LogP contribution in [0.2, 0.25) is 0 Å². The molecule has 3 heteroatoms. The fourth-order valence-electron chi connectivity index (χ4n) is 5.04. The van der Waals surface area contributed by atoms with E-state index < -0.39 is 0 Å². The molecule has 5 aromatic carbocycles. The van der Waals surface area contributed by atoms with E-state index in [9.17, 15) is 0 Å². The molecule has 0 aliphatic carbocycles. The summed E-state index contributed by atoms with van der Waals surface area (Å²) in [7, 11) is 6.29. The Labute approximate surface area is 192 Å². The molecular formula is C30H18BNO. The Morgan fingerprint density at radius 2 is 1.27 bits per heavy atom. The number of para-hydroxylation sites is 2. The zero-order valence-electron chi connectivity index (χ0n) is 17.8. The zero-order valence-corrected chi connectivity index (χ0v) is 17.8. The van der Waals surface area contributed by atoms with Gasteiger partial charge in [-0.2, -0.15) is 0 Å². The molecule has 7 aromatic rings. The average Bonchev–Trinajstić information content (AvgIpc) is 3.40. The number of hydrogen-bond acceptors (Lipinski definition) is 1. The summed E-state index contributed by atoms with van der Waals surface area (Å²) in [6, 6.07) is 38.0. The molecule has 0 unspecified atom stereocenters. The van der Waals surface area contributed by atoms with Crippen molar-refractivity contribution in [1.29, 1.82) is 0 Å². The number of aromatic nitrogens is 1. The van der Waals surface area contributed by atoms with Crippen LogP contribution in [0.25, 0.3) is 60.6 Å². The second-order valence-electron chi connectivity index (χ2n) is 8.45. The van der Waals surface area contributed by atoms with Gasteiger partial charge >= 0.3 is 0 Å². The molecule has 0 aliphatic heterocycles.